The number of carbonyl (C=O) groups is 4. The number of hydroxylamine groups is 2. The van der Waals surface area contributed by atoms with Crippen LogP contribution in [0.4, 0.5) is 14.0 Å². The van der Waals surface area contributed by atoms with Crippen LogP contribution < -0.4 is 9.47 Å². The largest absolute Gasteiger partial charge is 0.534 e. The van der Waals surface area contributed by atoms with Crippen LogP contribution in [0.25, 0.3) is 0 Å². The number of halogens is 1. The number of rotatable bonds is 9. The van der Waals surface area contributed by atoms with Gasteiger partial charge in [-0.1, -0.05) is 5.06 Å². The van der Waals surface area contributed by atoms with E-state index < -0.39 is 44.5 Å². The second-order valence-corrected chi connectivity index (χ2v) is 17.1. The van der Waals surface area contributed by atoms with Crippen molar-refractivity contribution in [3.05, 3.63) is 35.9 Å². The lowest BCUT2D eigenvalue weighted by Crippen LogP contribution is -2.50. The second-order valence-electron chi connectivity index (χ2n) is 14.8. The fourth-order valence-corrected chi connectivity index (χ4v) is 8.18. The summed E-state index contributed by atoms with van der Waals surface area (Å²) in [6.45, 7) is 5.46. The predicted octanol–water partition coefficient (Wildman–Crippen LogP) is 5.47. The van der Waals surface area contributed by atoms with Gasteiger partial charge in [-0.15, -0.1) is 0 Å². The Bertz CT molecular complexity index is 1870. The first kappa shape index (κ1) is 35.8. The molecule has 3 aliphatic carbocycles. The fourth-order valence-electron chi connectivity index (χ4n) is 6.51. The number of carbonyl (C=O) groups excluding carboxylic acids is 4. The van der Waals surface area contributed by atoms with E-state index in [1.165, 1.54) is 18.5 Å². The zero-order valence-electron chi connectivity index (χ0n) is 29.2. The summed E-state index contributed by atoms with van der Waals surface area (Å²) < 4.78 is 62.1. The Morgan fingerprint density at radius 1 is 0.885 bits per heavy atom. The lowest BCUT2D eigenvalue weighted by atomic mass is 10.0. The molecular formula is C35H41FN4O11S. The molecule has 0 N–H and O–H groups in total. The highest BCUT2D eigenvalue weighted by Crippen LogP contribution is 2.43. The van der Waals surface area contributed by atoms with Crippen molar-refractivity contribution in [1.29, 1.82) is 0 Å². The summed E-state index contributed by atoms with van der Waals surface area (Å²) in [5.41, 5.74) is -0.264. The standard InChI is InChI=1S/C26H30FN3O6S.C9H11NO5/c1-15-23(34-18-11-16-3-4-17(12-18)30(16)25(31)36-26(2)9-10-26)28-14-29-24(15)35-22-8-7-20(13-21(22)27)37(32,33)19-5-6-19;1-9(4-5-9)14-8(13)15-10-6(11)2-3-7(10)12/h7-8,13-14,16-19H,3-6,9-12H2,1-2H3;2-5H2,1H3/t16-,17?,18?;/m0./s1. The predicted molar refractivity (Wildman–Crippen MR) is 176 cm³/mol. The lowest BCUT2D eigenvalue weighted by molar-refractivity contribution is -0.179. The van der Waals surface area contributed by atoms with Crippen molar-refractivity contribution in [3.63, 3.8) is 0 Å². The van der Waals surface area contributed by atoms with Crippen molar-refractivity contribution in [1.82, 2.24) is 19.9 Å². The Labute approximate surface area is 300 Å². The number of hydrogen-bond donors (Lipinski definition) is 0. The quantitative estimate of drug-likeness (QED) is 0.233. The van der Waals surface area contributed by atoms with Gasteiger partial charge in [-0.25, -0.2) is 32.4 Å². The summed E-state index contributed by atoms with van der Waals surface area (Å²) in [5.74, 6) is -1.45. The van der Waals surface area contributed by atoms with Gasteiger partial charge in [0.25, 0.3) is 11.8 Å². The number of ether oxygens (including phenoxy) is 4. The SMILES string of the molecule is CC1(OC(=O)ON2C(=O)CCC2=O)CC1.Cc1c(Oc2ccc(S(=O)(=O)C3CC3)cc2F)ncnc1OC1CC2CC[C@@H](C1)N2C(=O)OC1(C)CC1. The average Bonchev–Trinajstić information content (AvgIpc) is 4.03. The minimum atomic E-state index is -3.50. The molecule has 3 atom stereocenters. The highest BCUT2D eigenvalue weighted by Gasteiger charge is 2.49. The number of aromatic nitrogens is 2. The first-order valence-corrected chi connectivity index (χ1v) is 19.2. The summed E-state index contributed by atoms with van der Waals surface area (Å²) in [6, 6.07) is 3.79. The van der Waals surface area contributed by atoms with Crippen LogP contribution in [0.15, 0.2) is 29.4 Å². The molecule has 3 amide bonds. The molecule has 8 rings (SSSR count). The van der Waals surface area contributed by atoms with Crippen LogP contribution in [0.1, 0.15) is 96.5 Å². The van der Waals surface area contributed by atoms with Crippen LogP contribution in [-0.4, -0.2) is 87.1 Å². The van der Waals surface area contributed by atoms with Gasteiger partial charge in [0.1, 0.15) is 23.6 Å². The van der Waals surface area contributed by atoms with Crippen LogP contribution >= 0.6 is 0 Å². The Morgan fingerprint density at radius 3 is 2.06 bits per heavy atom. The number of amides is 3. The molecule has 17 heteroatoms. The van der Waals surface area contributed by atoms with Gasteiger partial charge in [-0.05, 0) is 90.3 Å². The normalized spacial score (nSPS) is 25.1. The van der Waals surface area contributed by atoms with Gasteiger partial charge in [0.05, 0.1) is 15.7 Å². The molecule has 1 aromatic heterocycles. The van der Waals surface area contributed by atoms with E-state index in [-0.39, 0.29) is 59.2 Å². The molecule has 3 saturated carbocycles. The Morgan fingerprint density at radius 2 is 1.48 bits per heavy atom. The van der Waals surface area contributed by atoms with E-state index in [1.54, 1.807) is 13.8 Å². The highest BCUT2D eigenvalue weighted by molar-refractivity contribution is 7.92. The van der Waals surface area contributed by atoms with Crippen molar-refractivity contribution in [3.8, 4) is 17.5 Å². The molecule has 3 saturated heterocycles. The first-order valence-electron chi connectivity index (χ1n) is 17.6. The van der Waals surface area contributed by atoms with E-state index in [2.05, 4.69) is 14.8 Å². The summed E-state index contributed by atoms with van der Waals surface area (Å²) in [6.07, 6.45) is 7.90. The molecule has 15 nitrogen and oxygen atoms in total. The number of nitrogens with zero attached hydrogens (tertiary/aromatic N) is 4. The number of imide groups is 1. The molecule has 6 fully saturated rings. The van der Waals surface area contributed by atoms with E-state index in [0.29, 0.717) is 42.2 Å². The van der Waals surface area contributed by atoms with E-state index in [0.717, 1.165) is 44.6 Å². The molecule has 4 heterocycles. The lowest BCUT2D eigenvalue weighted by Gasteiger charge is -2.38. The first-order chi connectivity index (χ1) is 24.6. The third-order valence-corrected chi connectivity index (χ3v) is 12.6. The highest BCUT2D eigenvalue weighted by atomic mass is 32.2. The molecule has 6 aliphatic rings. The van der Waals surface area contributed by atoms with Gasteiger partial charge >= 0.3 is 12.2 Å². The maximum Gasteiger partial charge on any atom is 0.534 e. The van der Waals surface area contributed by atoms with Gasteiger partial charge in [0.15, 0.2) is 21.4 Å². The third kappa shape index (κ3) is 7.78. The number of sulfone groups is 1. The maximum absolute atomic E-state index is 14.8. The topological polar surface area (TPSA) is 181 Å². The summed E-state index contributed by atoms with van der Waals surface area (Å²) >= 11 is 0. The zero-order chi connectivity index (χ0) is 37.0. The minimum Gasteiger partial charge on any atom is -0.474 e. The summed E-state index contributed by atoms with van der Waals surface area (Å²) in [5, 5.41) is 0.0605. The van der Waals surface area contributed by atoms with Crippen LogP contribution in [0.2, 0.25) is 0 Å². The number of benzene rings is 1. The molecule has 2 aromatic rings. The molecule has 3 aliphatic heterocycles. The molecule has 2 bridgehead atoms. The zero-order valence-corrected chi connectivity index (χ0v) is 30.0. The molecule has 0 radical (unpaired) electrons. The van der Waals surface area contributed by atoms with Crippen LogP contribution in [0.3, 0.4) is 0 Å². The molecule has 2 unspecified atom stereocenters. The van der Waals surface area contributed by atoms with Crippen molar-refractivity contribution < 1.29 is 55.8 Å². The molecular weight excluding hydrogens is 703 g/mol. The van der Waals surface area contributed by atoms with Gasteiger partial charge < -0.3 is 23.8 Å². The summed E-state index contributed by atoms with van der Waals surface area (Å²) in [7, 11) is -3.50. The Kier molecular flexibility index (Phi) is 9.28. The van der Waals surface area contributed by atoms with Crippen molar-refractivity contribution in [2.24, 2.45) is 0 Å². The van der Waals surface area contributed by atoms with Crippen LogP contribution in [-0.2, 0) is 33.7 Å². The van der Waals surface area contributed by atoms with E-state index >= 15 is 0 Å². The monoisotopic (exact) mass is 744 g/mol. The van der Waals surface area contributed by atoms with Crippen molar-refractivity contribution in [2.45, 2.75) is 137 Å². The van der Waals surface area contributed by atoms with Gasteiger partial charge in [-0.2, -0.15) is 0 Å². The summed E-state index contributed by atoms with van der Waals surface area (Å²) in [4.78, 5) is 60.8. The van der Waals surface area contributed by atoms with Gasteiger partial charge in [0, 0.05) is 37.8 Å². The number of piperidine rings is 1. The van der Waals surface area contributed by atoms with Gasteiger partial charge in [0.2, 0.25) is 11.8 Å². The molecule has 280 valence electrons. The minimum absolute atomic E-state index is 0.0422. The molecule has 0 spiro atoms. The van der Waals surface area contributed by atoms with Crippen molar-refractivity contribution in [2.75, 3.05) is 0 Å². The Balaban J connectivity index is 0.000000234. The van der Waals surface area contributed by atoms with E-state index in [1.807, 2.05) is 11.8 Å². The smallest absolute Gasteiger partial charge is 0.474 e. The molecule has 52 heavy (non-hydrogen) atoms. The van der Waals surface area contributed by atoms with E-state index in [4.69, 9.17) is 18.9 Å². The number of hydrogen-bond acceptors (Lipinski definition) is 13. The molecule has 1 aromatic carbocycles. The third-order valence-electron chi connectivity index (χ3n) is 10.3. The fraction of sp³-hybridized carbons (Fsp3) is 0.600. The van der Waals surface area contributed by atoms with Crippen LogP contribution in [0, 0.1) is 12.7 Å². The van der Waals surface area contributed by atoms with Crippen LogP contribution in [0.5, 0.6) is 17.5 Å². The second kappa shape index (κ2) is 13.5. The van der Waals surface area contributed by atoms with Gasteiger partial charge in [-0.3, -0.25) is 14.4 Å². The van der Waals surface area contributed by atoms with Crippen molar-refractivity contribution >= 4 is 33.9 Å². The average molecular weight is 745 g/mol. The maximum atomic E-state index is 14.8. The Hall–Kier alpha value is -4.54. The number of fused-ring (bicyclic) bond motifs is 2. The van der Waals surface area contributed by atoms with E-state index in [9.17, 15) is 32.0 Å².